The number of hydrogen-bond acceptors (Lipinski definition) is 6. The number of nitro groups is 1. The van der Waals surface area contributed by atoms with Crippen LogP contribution in [0.25, 0.3) is 0 Å². The van der Waals surface area contributed by atoms with E-state index in [1.165, 1.54) is 12.1 Å². The van der Waals surface area contributed by atoms with Crippen molar-refractivity contribution in [1.29, 1.82) is 0 Å². The molecule has 0 saturated carbocycles. The first-order valence-corrected chi connectivity index (χ1v) is 7.47. The Morgan fingerprint density at radius 1 is 1.42 bits per heavy atom. The molecular formula is C10H10ClNO6S. The molecule has 1 saturated heterocycles. The highest BCUT2D eigenvalue weighted by molar-refractivity contribution is 7.91. The van der Waals surface area contributed by atoms with Gasteiger partial charge >= 0.3 is 5.69 Å². The molecule has 1 aliphatic heterocycles. The first kappa shape index (κ1) is 14.0. The summed E-state index contributed by atoms with van der Waals surface area (Å²) in [5, 5.41) is 20.6. The quantitative estimate of drug-likeness (QED) is 0.653. The Morgan fingerprint density at radius 3 is 2.63 bits per heavy atom. The maximum absolute atomic E-state index is 11.3. The van der Waals surface area contributed by atoms with Crippen LogP contribution < -0.4 is 4.74 Å². The van der Waals surface area contributed by atoms with Crippen molar-refractivity contribution in [2.24, 2.45) is 0 Å². The van der Waals surface area contributed by atoms with Gasteiger partial charge < -0.3 is 9.84 Å². The van der Waals surface area contributed by atoms with Crippen LogP contribution in [0.5, 0.6) is 5.75 Å². The lowest BCUT2D eigenvalue weighted by molar-refractivity contribution is -0.386. The predicted octanol–water partition coefficient (Wildman–Crippen LogP) is 0.785. The van der Waals surface area contributed by atoms with Gasteiger partial charge in [-0.1, -0.05) is 11.6 Å². The van der Waals surface area contributed by atoms with Gasteiger partial charge in [-0.3, -0.25) is 10.1 Å². The van der Waals surface area contributed by atoms with Crippen molar-refractivity contribution < 1.29 is 23.2 Å². The van der Waals surface area contributed by atoms with Crippen LogP contribution in [0.1, 0.15) is 0 Å². The number of nitro benzene ring substituents is 1. The summed E-state index contributed by atoms with van der Waals surface area (Å²) >= 11 is 5.65. The zero-order valence-electron chi connectivity index (χ0n) is 9.52. The van der Waals surface area contributed by atoms with Crippen LogP contribution in [-0.2, 0) is 9.84 Å². The van der Waals surface area contributed by atoms with Crippen LogP contribution in [-0.4, -0.2) is 42.2 Å². The Balaban J connectivity index is 2.27. The number of ether oxygens (including phenoxy) is 1. The molecule has 0 bridgehead atoms. The van der Waals surface area contributed by atoms with Crippen molar-refractivity contribution in [3.8, 4) is 5.75 Å². The number of hydrogen-bond donors (Lipinski definition) is 1. The highest BCUT2D eigenvalue weighted by Gasteiger charge is 2.39. The van der Waals surface area contributed by atoms with Gasteiger partial charge in [0.25, 0.3) is 0 Å². The summed E-state index contributed by atoms with van der Waals surface area (Å²) in [5.74, 6) is -0.886. The molecule has 1 heterocycles. The van der Waals surface area contributed by atoms with Crippen molar-refractivity contribution in [3.63, 3.8) is 0 Å². The average Bonchev–Trinajstić information content (AvgIpc) is 2.54. The summed E-state index contributed by atoms with van der Waals surface area (Å²) < 4.78 is 27.9. The van der Waals surface area contributed by atoms with Gasteiger partial charge in [0.05, 0.1) is 16.4 Å². The number of aliphatic hydroxyl groups excluding tert-OH is 1. The Hall–Kier alpha value is -1.38. The third kappa shape index (κ3) is 3.14. The van der Waals surface area contributed by atoms with Gasteiger partial charge in [-0.15, -0.1) is 0 Å². The van der Waals surface area contributed by atoms with Crippen molar-refractivity contribution >= 4 is 27.1 Å². The molecule has 7 nitrogen and oxygen atoms in total. The fourth-order valence-corrected chi connectivity index (χ4v) is 3.63. The van der Waals surface area contributed by atoms with E-state index in [0.29, 0.717) is 0 Å². The molecule has 2 unspecified atom stereocenters. The second-order valence-corrected chi connectivity index (χ2v) is 6.76. The molecular weight excluding hydrogens is 298 g/mol. The van der Waals surface area contributed by atoms with Gasteiger partial charge in [-0.05, 0) is 12.1 Å². The van der Waals surface area contributed by atoms with Crippen molar-refractivity contribution in [3.05, 3.63) is 33.3 Å². The largest absolute Gasteiger partial charge is 0.480 e. The molecule has 0 radical (unpaired) electrons. The van der Waals surface area contributed by atoms with Gasteiger partial charge in [0.2, 0.25) is 0 Å². The van der Waals surface area contributed by atoms with E-state index < -0.39 is 32.7 Å². The van der Waals surface area contributed by atoms with E-state index in [-0.39, 0.29) is 22.2 Å². The summed E-state index contributed by atoms with van der Waals surface area (Å²) in [6, 6.07) is 3.77. The van der Waals surface area contributed by atoms with E-state index in [1.54, 1.807) is 0 Å². The van der Waals surface area contributed by atoms with Gasteiger partial charge in [0, 0.05) is 11.1 Å². The summed E-state index contributed by atoms with van der Waals surface area (Å²) in [4.78, 5) is 10.2. The second-order valence-electron chi connectivity index (χ2n) is 4.17. The average molecular weight is 308 g/mol. The van der Waals surface area contributed by atoms with E-state index in [1.807, 2.05) is 0 Å². The van der Waals surface area contributed by atoms with E-state index in [9.17, 15) is 23.6 Å². The first-order chi connectivity index (χ1) is 8.78. The Morgan fingerprint density at radius 2 is 2.11 bits per heavy atom. The molecule has 1 aliphatic rings. The highest BCUT2D eigenvalue weighted by Crippen LogP contribution is 2.32. The molecule has 1 aromatic carbocycles. The predicted molar refractivity (Wildman–Crippen MR) is 67.2 cm³/mol. The third-order valence-electron chi connectivity index (χ3n) is 2.67. The van der Waals surface area contributed by atoms with E-state index in [0.717, 1.165) is 6.07 Å². The van der Waals surface area contributed by atoms with Crippen molar-refractivity contribution in [2.75, 3.05) is 11.5 Å². The van der Waals surface area contributed by atoms with Crippen LogP contribution in [0.3, 0.4) is 0 Å². The molecule has 9 heteroatoms. The molecule has 19 heavy (non-hydrogen) atoms. The standard InChI is InChI=1S/C10H10ClNO6S/c11-6-1-2-9(7(3-6)12(14)15)18-10-5-19(16,17)4-8(10)13/h1-3,8,10,13H,4-5H2. The van der Waals surface area contributed by atoms with Gasteiger partial charge in [0.15, 0.2) is 15.6 Å². The van der Waals surface area contributed by atoms with Crippen LogP contribution in [0.15, 0.2) is 18.2 Å². The lowest BCUT2D eigenvalue weighted by Crippen LogP contribution is -2.30. The monoisotopic (exact) mass is 307 g/mol. The Labute approximate surface area is 113 Å². The molecule has 1 fully saturated rings. The van der Waals surface area contributed by atoms with Gasteiger partial charge in [0.1, 0.15) is 12.2 Å². The van der Waals surface area contributed by atoms with Gasteiger partial charge in [-0.25, -0.2) is 8.42 Å². The Bertz CT molecular complexity index is 616. The molecule has 0 aromatic heterocycles. The molecule has 0 amide bonds. The molecule has 1 aromatic rings. The number of sulfone groups is 1. The van der Waals surface area contributed by atoms with E-state index in [2.05, 4.69) is 0 Å². The molecule has 1 N–H and O–H groups in total. The minimum absolute atomic E-state index is 0.115. The SMILES string of the molecule is O=[N+]([O-])c1cc(Cl)ccc1OC1CS(=O)(=O)CC1O. The van der Waals surface area contributed by atoms with E-state index in [4.69, 9.17) is 16.3 Å². The minimum atomic E-state index is -3.38. The molecule has 104 valence electrons. The van der Waals surface area contributed by atoms with E-state index >= 15 is 0 Å². The molecule has 0 aliphatic carbocycles. The smallest absolute Gasteiger partial charge is 0.312 e. The Kier molecular flexibility index (Phi) is 3.66. The number of rotatable bonds is 3. The number of nitrogens with zero attached hydrogens (tertiary/aromatic N) is 1. The normalized spacial score (nSPS) is 25.2. The summed E-state index contributed by atoms with van der Waals surface area (Å²) in [6.07, 6.45) is -2.20. The summed E-state index contributed by atoms with van der Waals surface area (Å²) in [6.45, 7) is 0. The fraction of sp³-hybridized carbons (Fsp3) is 0.400. The number of aliphatic hydroxyl groups is 1. The zero-order valence-corrected chi connectivity index (χ0v) is 11.1. The van der Waals surface area contributed by atoms with Gasteiger partial charge in [-0.2, -0.15) is 0 Å². The highest BCUT2D eigenvalue weighted by atomic mass is 35.5. The molecule has 2 rings (SSSR count). The van der Waals surface area contributed by atoms with Crippen LogP contribution in [0, 0.1) is 10.1 Å². The minimum Gasteiger partial charge on any atom is -0.480 e. The lowest BCUT2D eigenvalue weighted by atomic mass is 10.2. The molecule has 2 atom stereocenters. The maximum Gasteiger partial charge on any atom is 0.312 e. The maximum atomic E-state index is 11.3. The van der Waals surface area contributed by atoms with Crippen LogP contribution in [0.2, 0.25) is 5.02 Å². The molecule has 0 spiro atoms. The number of benzene rings is 1. The lowest BCUT2D eigenvalue weighted by Gasteiger charge is -2.15. The first-order valence-electron chi connectivity index (χ1n) is 5.27. The van der Waals surface area contributed by atoms with Crippen LogP contribution >= 0.6 is 11.6 Å². The summed E-state index contributed by atoms with van der Waals surface area (Å²) in [5.41, 5.74) is -0.371. The fourth-order valence-electron chi connectivity index (χ4n) is 1.81. The van der Waals surface area contributed by atoms with Crippen LogP contribution in [0.4, 0.5) is 5.69 Å². The second kappa shape index (κ2) is 4.95. The zero-order chi connectivity index (χ0) is 14.2. The summed E-state index contributed by atoms with van der Waals surface area (Å²) in [7, 11) is -3.38. The van der Waals surface area contributed by atoms with Crippen molar-refractivity contribution in [2.45, 2.75) is 12.2 Å². The van der Waals surface area contributed by atoms with Crippen molar-refractivity contribution in [1.82, 2.24) is 0 Å². The third-order valence-corrected chi connectivity index (χ3v) is 4.59. The topological polar surface area (TPSA) is 107 Å². The number of halogens is 1.